The molecule has 0 amide bonds. The number of rotatable bonds is 9. The summed E-state index contributed by atoms with van der Waals surface area (Å²) in [7, 11) is -3.45. The van der Waals surface area contributed by atoms with Crippen LogP contribution in [0.3, 0.4) is 0 Å². The number of fused-ring (bicyclic) bond motifs is 2. The molecule has 1 atom stereocenters. The monoisotopic (exact) mass is 601 g/mol. The molecule has 43 heavy (non-hydrogen) atoms. The van der Waals surface area contributed by atoms with E-state index < -0.39 is 22.1 Å². The molecule has 220 valence electrons. The van der Waals surface area contributed by atoms with Gasteiger partial charge in [0.05, 0.1) is 29.0 Å². The molecule has 0 saturated heterocycles. The molecule has 5 aromatic heterocycles. The third-order valence-electron chi connectivity index (χ3n) is 6.86. The fourth-order valence-electron chi connectivity index (χ4n) is 4.64. The van der Waals surface area contributed by atoms with Gasteiger partial charge in [-0.1, -0.05) is 13.8 Å². The summed E-state index contributed by atoms with van der Waals surface area (Å²) in [6.45, 7) is 3.78. The van der Waals surface area contributed by atoms with Crippen LogP contribution in [0.4, 0.5) is 10.1 Å². The first-order valence-electron chi connectivity index (χ1n) is 13.4. The molecule has 6 rings (SSSR count). The summed E-state index contributed by atoms with van der Waals surface area (Å²) in [5, 5.41) is 21.3. The lowest BCUT2D eigenvalue weighted by Crippen LogP contribution is -2.24. The van der Waals surface area contributed by atoms with Crippen molar-refractivity contribution in [2.75, 3.05) is 11.6 Å². The Morgan fingerprint density at radius 3 is 2.60 bits per heavy atom. The van der Waals surface area contributed by atoms with Gasteiger partial charge in [0, 0.05) is 41.8 Å². The van der Waals surface area contributed by atoms with Crippen LogP contribution in [0.5, 0.6) is 0 Å². The summed E-state index contributed by atoms with van der Waals surface area (Å²) in [6, 6.07) is 9.93. The third kappa shape index (κ3) is 6.07. The van der Waals surface area contributed by atoms with Crippen LogP contribution in [0.15, 0.2) is 61.2 Å². The predicted molar refractivity (Wildman–Crippen MR) is 162 cm³/mol. The maximum atomic E-state index is 14.6. The van der Waals surface area contributed by atoms with Crippen molar-refractivity contribution in [1.82, 2.24) is 39.8 Å². The van der Waals surface area contributed by atoms with Gasteiger partial charge in [0.25, 0.3) is 0 Å². The van der Waals surface area contributed by atoms with Gasteiger partial charge in [-0.2, -0.15) is 5.10 Å². The van der Waals surface area contributed by atoms with E-state index in [2.05, 4.69) is 45.2 Å². The first-order valence-corrected chi connectivity index (χ1v) is 15.3. The molecule has 0 aliphatic carbocycles. The molecule has 0 fully saturated rings. The van der Waals surface area contributed by atoms with Gasteiger partial charge in [0.15, 0.2) is 17.1 Å². The molecule has 5 heterocycles. The highest BCUT2D eigenvalue weighted by Gasteiger charge is 2.18. The minimum Gasteiger partial charge on any atom is -0.374 e. The fraction of sp³-hybridized carbons (Fsp3) is 0.207. The van der Waals surface area contributed by atoms with Crippen molar-refractivity contribution in [3.8, 4) is 33.8 Å². The van der Waals surface area contributed by atoms with Gasteiger partial charge in [-0.05, 0) is 53.4 Å². The lowest BCUT2D eigenvalue weighted by Gasteiger charge is -2.17. The molecule has 5 N–H and O–H groups in total. The smallest absolute Gasteiger partial charge is 0.209 e. The zero-order chi connectivity index (χ0) is 30.3. The van der Waals surface area contributed by atoms with E-state index in [1.807, 2.05) is 26.0 Å². The van der Waals surface area contributed by atoms with Crippen molar-refractivity contribution in [3.05, 3.63) is 72.6 Å². The van der Waals surface area contributed by atoms with Gasteiger partial charge in [-0.15, -0.1) is 0 Å². The molecule has 0 aliphatic rings. The number of aliphatic hydroxyl groups is 1. The van der Waals surface area contributed by atoms with Crippen molar-refractivity contribution in [2.45, 2.75) is 26.6 Å². The summed E-state index contributed by atoms with van der Waals surface area (Å²) < 4.78 is 40.1. The number of aromatic amines is 2. The Balaban J connectivity index is 1.37. The van der Waals surface area contributed by atoms with Crippen LogP contribution in [0, 0.1) is 11.7 Å². The molecule has 14 heteroatoms. The second-order valence-electron chi connectivity index (χ2n) is 10.6. The number of H-pyrrole nitrogens is 2. The van der Waals surface area contributed by atoms with Gasteiger partial charge in [-0.25, -0.2) is 32.5 Å². The SMILES string of the molecule is CC(C)C(O)Nc1cncc(-c2cnc3n[nH]c(-c4nc5nccc(-c6cc(F)cc(CNS(C)(=O)=O)c6)c5[nH]4)c3c2)c1. The number of nitrogens with one attached hydrogen (secondary N) is 4. The quantitative estimate of drug-likeness (QED) is 0.152. The van der Waals surface area contributed by atoms with E-state index in [-0.39, 0.29) is 12.5 Å². The number of pyridine rings is 3. The van der Waals surface area contributed by atoms with E-state index in [4.69, 9.17) is 0 Å². The summed E-state index contributed by atoms with van der Waals surface area (Å²) in [5.74, 6) is -0.0210. The molecule has 1 aromatic carbocycles. The van der Waals surface area contributed by atoms with Crippen LogP contribution in [0.25, 0.3) is 56.0 Å². The lowest BCUT2D eigenvalue weighted by atomic mass is 10.0. The minimum atomic E-state index is -3.45. The zero-order valence-corrected chi connectivity index (χ0v) is 24.2. The lowest BCUT2D eigenvalue weighted by molar-refractivity contribution is 0.153. The van der Waals surface area contributed by atoms with Gasteiger partial charge < -0.3 is 15.4 Å². The van der Waals surface area contributed by atoms with Crippen LogP contribution in [-0.2, 0) is 16.6 Å². The molecule has 12 nitrogen and oxygen atoms in total. The standard InChI is InChI=1S/C29H28FN9O3S/c1-15(2)29(40)35-21-9-18(12-31-14-21)19-10-23-25(38-39-26(23)33-13-19)28-36-24-22(4-5-32-27(24)37-28)17-6-16(7-20(30)8-17)11-34-43(3,41)42/h4-10,12-15,29,34-35,40H,11H2,1-3H3,(H,32,36,37)(H,33,38,39). The maximum absolute atomic E-state index is 14.6. The number of sulfonamides is 1. The highest BCUT2D eigenvalue weighted by atomic mass is 32.2. The molecular weight excluding hydrogens is 573 g/mol. The molecule has 0 saturated carbocycles. The second-order valence-corrected chi connectivity index (χ2v) is 12.4. The Morgan fingerprint density at radius 1 is 1.00 bits per heavy atom. The highest BCUT2D eigenvalue weighted by Crippen LogP contribution is 2.33. The average molecular weight is 602 g/mol. The van der Waals surface area contributed by atoms with Crippen molar-refractivity contribution in [3.63, 3.8) is 0 Å². The number of aromatic nitrogens is 7. The summed E-state index contributed by atoms with van der Waals surface area (Å²) in [4.78, 5) is 21.2. The fourth-order valence-corrected chi connectivity index (χ4v) is 5.07. The minimum absolute atomic E-state index is 0.0221. The summed E-state index contributed by atoms with van der Waals surface area (Å²) in [6.07, 6.45) is 6.97. The Labute approximate surface area is 245 Å². The van der Waals surface area contributed by atoms with E-state index in [1.54, 1.807) is 36.9 Å². The largest absolute Gasteiger partial charge is 0.374 e. The third-order valence-corrected chi connectivity index (χ3v) is 7.53. The van der Waals surface area contributed by atoms with Gasteiger partial charge in [-0.3, -0.25) is 10.1 Å². The summed E-state index contributed by atoms with van der Waals surface area (Å²) >= 11 is 0. The second kappa shape index (κ2) is 11.1. The Morgan fingerprint density at radius 2 is 1.81 bits per heavy atom. The molecule has 1 unspecified atom stereocenters. The number of aliphatic hydroxyl groups excluding tert-OH is 1. The van der Waals surface area contributed by atoms with Crippen LogP contribution >= 0.6 is 0 Å². The van der Waals surface area contributed by atoms with Crippen LogP contribution < -0.4 is 10.0 Å². The predicted octanol–water partition coefficient (Wildman–Crippen LogP) is 4.20. The number of halogens is 1. The number of imidazole rings is 1. The van der Waals surface area contributed by atoms with Crippen molar-refractivity contribution in [2.24, 2.45) is 5.92 Å². The average Bonchev–Trinajstić information content (AvgIpc) is 3.59. The molecule has 0 radical (unpaired) electrons. The molecule has 0 spiro atoms. The van der Waals surface area contributed by atoms with Crippen LogP contribution in [-0.4, -0.2) is 61.1 Å². The van der Waals surface area contributed by atoms with E-state index in [0.717, 1.165) is 17.4 Å². The molecule has 0 bridgehead atoms. The maximum Gasteiger partial charge on any atom is 0.209 e. The molecule has 0 aliphatic heterocycles. The normalized spacial score (nSPS) is 12.8. The van der Waals surface area contributed by atoms with Crippen molar-refractivity contribution >= 4 is 37.9 Å². The Bertz CT molecular complexity index is 2070. The Kier molecular flexibility index (Phi) is 7.33. The highest BCUT2D eigenvalue weighted by molar-refractivity contribution is 7.88. The van der Waals surface area contributed by atoms with Crippen LogP contribution in [0.2, 0.25) is 0 Å². The van der Waals surface area contributed by atoms with Crippen LogP contribution in [0.1, 0.15) is 19.4 Å². The summed E-state index contributed by atoms with van der Waals surface area (Å²) in [5.41, 5.74) is 5.96. The first kappa shape index (κ1) is 28.3. The van der Waals surface area contributed by atoms with Crippen molar-refractivity contribution < 1.29 is 17.9 Å². The van der Waals surface area contributed by atoms with Gasteiger partial charge in [0.2, 0.25) is 10.0 Å². The van der Waals surface area contributed by atoms with E-state index in [0.29, 0.717) is 56.1 Å². The number of anilines is 1. The zero-order valence-electron chi connectivity index (χ0n) is 23.4. The van der Waals surface area contributed by atoms with E-state index >= 15 is 0 Å². The van der Waals surface area contributed by atoms with Gasteiger partial charge in [0.1, 0.15) is 17.7 Å². The number of hydrogen-bond acceptors (Lipinski definition) is 9. The van der Waals surface area contributed by atoms with Gasteiger partial charge >= 0.3 is 0 Å². The number of benzene rings is 1. The van der Waals surface area contributed by atoms with Crippen molar-refractivity contribution in [1.29, 1.82) is 0 Å². The molecular formula is C29H28FN9O3S. The Hall–Kier alpha value is -4.79. The number of hydrogen-bond donors (Lipinski definition) is 5. The number of nitrogens with zero attached hydrogens (tertiary/aromatic N) is 5. The topological polar surface area (TPSA) is 174 Å². The molecule has 6 aromatic rings. The van der Waals surface area contributed by atoms with E-state index in [9.17, 15) is 17.9 Å². The first-order chi connectivity index (χ1) is 20.5. The van der Waals surface area contributed by atoms with E-state index in [1.165, 1.54) is 12.1 Å².